The lowest BCUT2D eigenvalue weighted by molar-refractivity contribution is 0.0942. The summed E-state index contributed by atoms with van der Waals surface area (Å²) in [6.07, 6.45) is 4.32. The third-order valence-electron chi connectivity index (χ3n) is 4.90. The fourth-order valence-corrected chi connectivity index (χ4v) is 5.89. The lowest BCUT2D eigenvalue weighted by Crippen LogP contribution is -2.35. The number of sulfonamides is 1. The third kappa shape index (κ3) is 3.69. The Hall–Kier alpha value is -2.23. The molecule has 0 radical (unpaired) electrons. The van der Waals surface area contributed by atoms with E-state index in [2.05, 4.69) is 10.3 Å². The van der Waals surface area contributed by atoms with Gasteiger partial charge in [-0.25, -0.2) is 13.4 Å². The SMILES string of the molecule is Cn1cc(S(=O)(=O)N2CCCCC2)cc1C(=O)NCc1nc2ccccc2s1. The molecule has 1 aliphatic heterocycles. The summed E-state index contributed by atoms with van der Waals surface area (Å²) in [6, 6.07) is 9.27. The predicted molar refractivity (Wildman–Crippen MR) is 109 cm³/mol. The van der Waals surface area contributed by atoms with Crippen LogP contribution in [0.4, 0.5) is 0 Å². The average Bonchev–Trinajstić information content (AvgIpc) is 3.30. The highest BCUT2D eigenvalue weighted by Crippen LogP contribution is 2.23. The lowest BCUT2D eigenvalue weighted by Gasteiger charge is -2.25. The molecule has 0 saturated carbocycles. The van der Waals surface area contributed by atoms with Gasteiger partial charge in [0.25, 0.3) is 5.91 Å². The van der Waals surface area contributed by atoms with Crippen molar-refractivity contribution in [2.75, 3.05) is 13.1 Å². The van der Waals surface area contributed by atoms with Gasteiger partial charge in [-0.2, -0.15) is 4.31 Å². The van der Waals surface area contributed by atoms with Crippen LogP contribution in [0.15, 0.2) is 41.4 Å². The van der Waals surface area contributed by atoms with Gasteiger partial charge in [-0.3, -0.25) is 4.79 Å². The Kier molecular flexibility index (Phi) is 5.22. The average molecular weight is 419 g/mol. The van der Waals surface area contributed by atoms with Crippen LogP contribution >= 0.6 is 11.3 Å². The molecule has 1 amide bonds. The standard InChI is InChI=1S/C19H22N4O3S2/c1-22-13-14(28(25,26)23-9-5-2-6-10-23)11-16(22)19(24)20-12-18-21-15-7-3-4-8-17(15)27-18/h3-4,7-8,11,13H,2,5-6,9-10,12H2,1H3,(H,20,24). The van der Waals surface area contributed by atoms with Gasteiger partial charge in [0.2, 0.25) is 10.0 Å². The van der Waals surface area contributed by atoms with Gasteiger partial charge in [0.05, 0.1) is 16.8 Å². The molecule has 0 bridgehead atoms. The Morgan fingerprint density at radius 3 is 2.71 bits per heavy atom. The summed E-state index contributed by atoms with van der Waals surface area (Å²) in [5.41, 5.74) is 1.22. The summed E-state index contributed by atoms with van der Waals surface area (Å²) >= 11 is 1.53. The molecular formula is C19H22N4O3S2. The first-order chi connectivity index (χ1) is 13.4. The van der Waals surface area contributed by atoms with Gasteiger partial charge in [-0.15, -0.1) is 11.3 Å². The van der Waals surface area contributed by atoms with Crippen LogP contribution in [0.3, 0.4) is 0 Å². The maximum atomic E-state index is 12.8. The maximum Gasteiger partial charge on any atom is 0.268 e. The Labute approximate surface area is 168 Å². The number of para-hydroxylation sites is 1. The van der Waals surface area contributed by atoms with E-state index in [1.54, 1.807) is 11.6 Å². The Balaban J connectivity index is 1.48. The number of thiazole rings is 1. The smallest absolute Gasteiger partial charge is 0.268 e. The molecule has 7 nitrogen and oxygen atoms in total. The second kappa shape index (κ2) is 7.65. The number of hydrogen-bond donors (Lipinski definition) is 1. The molecule has 1 saturated heterocycles. The fraction of sp³-hybridized carbons (Fsp3) is 0.368. The highest BCUT2D eigenvalue weighted by molar-refractivity contribution is 7.89. The number of amides is 1. The predicted octanol–water partition coefficient (Wildman–Crippen LogP) is 2.74. The van der Waals surface area contributed by atoms with Crippen molar-refractivity contribution >= 4 is 37.5 Å². The zero-order valence-corrected chi connectivity index (χ0v) is 17.2. The molecule has 0 spiro atoms. The van der Waals surface area contributed by atoms with Gasteiger partial charge < -0.3 is 9.88 Å². The summed E-state index contributed by atoms with van der Waals surface area (Å²) in [5.74, 6) is -0.318. The first kappa shape index (κ1) is 19.1. The number of carbonyl (C=O) groups excluding carboxylic acids is 1. The number of fused-ring (bicyclic) bond motifs is 1. The summed E-state index contributed by atoms with van der Waals surface area (Å²) in [4.78, 5) is 17.3. The molecule has 0 unspecified atom stereocenters. The zero-order chi connectivity index (χ0) is 19.7. The van der Waals surface area contributed by atoms with Crippen LogP contribution in [-0.2, 0) is 23.6 Å². The summed E-state index contributed by atoms with van der Waals surface area (Å²) in [7, 11) is -1.88. The van der Waals surface area contributed by atoms with Crippen molar-refractivity contribution in [1.82, 2.24) is 19.2 Å². The number of nitrogens with zero attached hydrogens (tertiary/aromatic N) is 3. The number of carbonyl (C=O) groups is 1. The minimum absolute atomic E-state index is 0.169. The quantitative estimate of drug-likeness (QED) is 0.691. The Morgan fingerprint density at radius 2 is 1.96 bits per heavy atom. The van der Waals surface area contributed by atoms with Gasteiger partial charge in [0, 0.05) is 26.3 Å². The van der Waals surface area contributed by atoms with E-state index in [0.29, 0.717) is 25.3 Å². The molecule has 2 aromatic heterocycles. The third-order valence-corrected chi connectivity index (χ3v) is 7.80. The van der Waals surface area contributed by atoms with Crippen molar-refractivity contribution in [3.05, 3.63) is 47.2 Å². The summed E-state index contributed by atoms with van der Waals surface area (Å²) in [5, 5.41) is 3.65. The van der Waals surface area contributed by atoms with E-state index < -0.39 is 10.0 Å². The van der Waals surface area contributed by atoms with Gasteiger partial charge >= 0.3 is 0 Å². The van der Waals surface area contributed by atoms with E-state index in [1.165, 1.54) is 27.9 Å². The number of piperidine rings is 1. The number of rotatable bonds is 5. The fourth-order valence-electron chi connectivity index (χ4n) is 3.40. The van der Waals surface area contributed by atoms with E-state index in [-0.39, 0.29) is 10.8 Å². The van der Waals surface area contributed by atoms with Gasteiger partial charge in [0.1, 0.15) is 15.6 Å². The molecular weight excluding hydrogens is 396 g/mol. The molecule has 1 N–H and O–H groups in total. The normalized spacial score (nSPS) is 15.8. The van der Waals surface area contributed by atoms with Crippen molar-refractivity contribution < 1.29 is 13.2 Å². The van der Waals surface area contributed by atoms with Crippen LogP contribution in [-0.4, -0.2) is 41.3 Å². The molecule has 0 atom stereocenters. The molecule has 1 fully saturated rings. The van der Waals surface area contributed by atoms with Crippen LogP contribution < -0.4 is 5.32 Å². The van der Waals surface area contributed by atoms with Crippen LogP contribution in [0.5, 0.6) is 0 Å². The molecule has 1 aliphatic rings. The molecule has 3 aromatic rings. The first-order valence-electron chi connectivity index (χ1n) is 9.24. The van der Waals surface area contributed by atoms with E-state index in [1.807, 2.05) is 24.3 Å². The molecule has 148 valence electrons. The topological polar surface area (TPSA) is 84.3 Å². The first-order valence-corrected chi connectivity index (χ1v) is 11.5. The molecule has 28 heavy (non-hydrogen) atoms. The minimum Gasteiger partial charge on any atom is -0.345 e. The highest BCUT2D eigenvalue weighted by Gasteiger charge is 2.28. The second-order valence-corrected chi connectivity index (χ2v) is 9.95. The molecule has 9 heteroatoms. The maximum absolute atomic E-state index is 12.8. The van der Waals surface area contributed by atoms with Crippen LogP contribution in [0.2, 0.25) is 0 Å². The molecule has 3 heterocycles. The van der Waals surface area contributed by atoms with E-state index in [4.69, 9.17) is 0 Å². The molecule has 0 aliphatic carbocycles. The molecule has 4 rings (SSSR count). The van der Waals surface area contributed by atoms with Crippen molar-refractivity contribution in [3.63, 3.8) is 0 Å². The summed E-state index contributed by atoms with van der Waals surface area (Å²) in [6.45, 7) is 1.38. The second-order valence-electron chi connectivity index (χ2n) is 6.89. The van der Waals surface area contributed by atoms with Crippen LogP contribution in [0, 0.1) is 0 Å². The van der Waals surface area contributed by atoms with Crippen LogP contribution in [0.25, 0.3) is 10.2 Å². The largest absolute Gasteiger partial charge is 0.345 e. The number of benzene rings is 1. The van der Waals surface area contributed by atoms with Crippen LogP contribution in [0.1, 0.15) is 34.8 Å². The number of nitrogens with one attached hydrogen (secondary N) is 1. The van der Waals surface area contributed by atoms with Crippen molar-refractivity contribution in [2.24, 2.45) is 7.05 Å². The Bertz CT molecular complexity index is 1080. The Morgan fingerprint density at radius 1 is 1.21 bits per heavy atom. The highest BCUT2D eigenvalue weighted by atomic mass is 32.2. The number of aryl methyl sites for hydroxylation is 1. The van der Waals surface area contributed by atoms with E-state index in [9.17, 15) is 13.2 Å². The van der Waals surface area contributed by atoms with E-state index >= 15 is 0 Å². The van der Waals surface area contributed by atoms with Gasteiger partial charge in [-0.1, -0.05) is 18.6 Å². The van der Waals surface area contributed by atoms with Crippen molar-refractivity contribution in [1.29, 1.82) is 0 Å². The summed E-state index contributed by atoms with van der Waals surface area (Å²) < 4.78 is 29.8. The van der Waals surface area contributed by atoms with E-state index in [0.717, 1.165) is 34.5 Å². The minimum atomic E-state index is -3.56. The lowest BCUT2D eigenvalue weighted by atomic mass is 10.2. The molecule has 1 aromatic carbocycles. The number of hydrogen-bond acceptors (Lipinski definition) is 5. The monoisotopic (exact) mass is 418 g/mol. The van der Waals surface area contributed by atoms with Gasteiger partial charge in [-0.05, 0) is 31.0 Å². The van der Waals surface area contributed by atoms with Crippen molar-refractivity contribution in [3.8, 4) is 0 Å². The number of aromatic nitrogens is 2. The van der Waals surface area contributed by atoms with Gasteiger partial charge in [0.15, 0.2) is 0 Å². The zero-order valence-electron chi connectivity index (χ0n) is 15.6. The van der Waals surface area contributed by atoms with Crippen molar-refractivity contribution in [2.45, 2.75) is 30.7 Å².